The fourth-order valence-corrected chi connectivity index (χ4v) is 2.17. The quantitative estimate of drug-likeness (QED) is 0.745. The van der Waals surface area contributed by atoms with Crippen LogP contribution in [0.3, 0.4) is 0 Å². The van der Waals surface area contributed by atoms with Crippen LogP contribution in [0, 0.1) is 13.8 Å². The number of hydrogen-bond acceptors (Lipinski definition) is 2. The summed E-state index contributed by atoms with van der Waals surface area (Å²) in [5, 5.41) is 2.89. The predicted octanol–water partition coefficient (Wildman–Crippen LogP) is 3.43. The second kappa shape index (κ2) is 4.81. The van der Waals surface area contributed by atoms with E-state index in [1.807, 2.05) is 50.2 Å². The summed E-state index contributed by atoms with van der Waals surface area (Å²) >= 11 is 0. The second-order valence-corrected chi connectivity index (χ2v) is 4.84. The molecule has 1 amide bonds. The van der Waals surface area contributed by atoms with Gasteiger partial charge in [-0.25, -0.2) is 4.98 Å². The highest BCUT2D eigenvalue weighted by atomic mass is 16.1. The van der Waals surface area contributed by atoms with Crippen molar-refractivity contribution in [3.63, 3.8) is 0 Å². The Morgan fingerprint density at radius 1 is 1.10 bits per heavy atom. The van der Waals surface area contributed by atoms with Gasteiger partial charge in [-0.15, -0.1) is 0 Å². The molecule has 0 radical (unpaired) electrons. The molecule has 1 aromatic heterocycles. The molecule has 0 aliphatic heterocycles. The normalized spacial score (nSPS) is 10.7. The number of nitrogens with zero attached hydrogens (tertiary/aromatic N) is 1. The van der Waals surface area contributed by atoms with Crippen LogP contribution in [0.5, 0.6) is 0 Å². The minimum Gasteiger partial charge on any atom is -0.342 e. The molecule has 0 saturated carbocycles. The maximum Gasteiger partial charge on any atom is 0.257 e. The number of carbonyl (C=O) groups is 1. The number of aromatic nitrogens is 2. The van der Waals surface area contributed by atoms with Crippen LogP contribution in [0.15, 0.2) is 42.5 Å². The molecule has 0 aliphatic carbocycles. The van der Waals surface area contributed by atoms with Crippen LogP contribution in [0.1, 0.15) is 21.7 Å². The number of imidazole rings is 1. The van der Waals surface area contributed by atoms with Crippen molar-refractivity contribution in [2.24, 2.45) is 0 Å². The third-order valence-corrected chi connectivity index (χ3v) is 3.19. The average molecular weight is 265 g/mol. The number of nitrogens with one attached hydrogen (secondary N) is 2. The highest BCUT2D eigenvalue weighted by molar-refractivity contribution is 6.11. The number of benzene rings is 2. The SMILES string of the molecule is Cc1ccc(NC(=O)c2cccc3[nH]c(C)nc23)cc1. The van der Waals surface area contributed by atoms with Gasteiger partial charge >= 0.3 is 0 Å². The zero-order chi connectivity index (χ0) is 14.1. The number of aryl methyl sites for hydroxylation is 2. The van der Waals surface area contributed by atoms with E-state index in [-0.39, 0.29) is 5.91 Å². The van der Waals surface area contributed by atoms with E-state index in [0.29, 0.717) is 11.1 Å². The van der Waals surface area contributed by atoms with Crippen LogP contribution in [0.2, 0.25) is 0 Å². The van der Waals surface area contributed by atoms with Crippen LogP contribution in [0.25, 0.3) is 11.0 Å². The number of para-hydroxylation sites is 1. The Kier molecular flexibility index (Phi) is 2.99. The van der Waals surface area contributed by atoms with Crippen molar-refractivity contribution < 1.29 is 4.79 Å². The van der Waals surface area contributed by atoms with Crippen LogP contribution < -0.4 is 5.32 Å². The maximum absolute atomic E-state index is 12.4. The average Bonchev–Trinajstić information content (AvgIpc) is 2.81. The number of rotatable bonds is 2. The van der Waals surface area contributed by atoms with E-state index in [0.717, 1.165) is 22.6 Å². The molecule has 2 N–H and O–H groups in total. The summed E-state index contributed by atoms with van der Waals surface area (Å²) in [6.07, 6.45) is 0. The number of hydrogen-bond donors (Lipinski definition) is 2. The number of amides is 1. The Morgan fingerprint density at radius 3 is 2.60 bits per heavy atom. The number of anilines is 1. The summed E-state index contributed by atoms with van der Waals surface area (Å²) in [7, 11) is 0. The molecule has 20 heavy (non-hydrogen) atoms. The highest BCUT2D eigenvalue weighted by Gasteiger charge is 2.12. The van der Waals surface area contributed by atoms with Crippen molar-refractivity contribution in [3.05, 3.63) is 59.4 Å². The van der Waals surface area contributed by atoms with Crippen LogP contribution >= 0.6 is 0 Å². The molecule has 0 atom stereocenters. The lowest BCUT2D eigenvalue weighted by atomic mass is 10.1. The lowest BCUT2D eigenvalue weighted by Gasteiger charge is -2.06. The van der Waals surface area contributed by atoms with E-state index in [4.69, 9.17) is 0 Å². The van der Waals surface area contributed by atoms with E-state index < -0.39 is 0 Å². The van der Waals surface area contributed by atoms with Gasteiger partial charge in [0.1, 0.15) is 11.3 Å². The van der Waals surface area contributed by atoms with Gasteiger partial charge in [0, 0.05) is 5.69 Å². The monoisotopic (exact) mass is 265 g/mol. The van der Waals surface area contributed by atoms with E-state index in [1.54, 1.807) is 6.07 Å². The molecule has 0 unspecified atom stereocenters. The van der Waals surface area contributed by atoms with Gasteiger partial charge in [-0.3, -0.25) is 4.79 Å². The summed E-state index contributed by atoms with van der Waals surface area (Å²) in [4.78, 5) is 19.9. The summed E-state index contributed by atoms with van der Waals surface area (Å²) in [5.74, 6) is 0.654. The molecular weight excluding hydrogens is 250 g/mol. The molecule has 2 aromatic carbocycles. The standard InChI is InChI=1S/C16H15N3O/c1-10-6-8-12(9-7-10)19-16(20)13-4-3-5-14-15(13)18-11(2)17-14/h3-9H,1-2H3,(H,17,18)(H,19,20). The number of H-pyrrole nitrogens is 1. The predicted molar refractivity (Wildman–Crippen MR) is 80.0 cm³/mol. The fraction of sp³-hybridized carbons (Fsp3) is 0.125. The number of fused-ring (bicyclic) bond motifs is 1. The molecule has 1 heterocycles. The molecule has 4 nitrogen and oxygen atoms in total. The van der Waals surface area contributed by atoms with Gasteiger partial charge in [0.2, 0.25) is 0 Å². The Labute approximate surface area is 116 Å². The Hall–Kier alpha value is -2.62. The van der Waals surface area contributed by atoms with Crippen LogP contribution in [-0.2, 0) is 0 Å². The number of aromatic amines is 1. The summed E-state index contributed by atoms with van der Waals surface area (Å²) in [5.41, 5.74) is 4.10. The van der Waals surface area contributed by atoms with E-state index in [1.165, 1.54) is 0 Å². The van der Waals surface area contributed by atoms with Crippen molar-refractivity contribution in [1.82, 2.24) is 9.97 Å². The lowest BCUT2D eigenvalue weighted by molar-refractivity contribution is 0.102. The Bertz CT molecular complexity index is 772. The van der Waals surface area contributed by atoms with Crippen molar-refractivity contribution in [3.8, 4) is 0 Å². The van der Waals surface area contributed by atoms with Crippen molar-refractivity contribution in [2.45, 2.75) is 13.8 Å². The topological polar surface area (TPSA) is 57.8 Å². The summed E-state index contributed by atoms with van der Waals surface area (Å²) in [6, 6.07) is 13.3. The van der Waals surface area contributed by atoms with Gasteiger partial charge < -0.3 is 10.3 Å². The zero-order valence-corrected chi connectivity index (χ0v) is 11.4. The lowest BCUT2D eigenvalue weighted by Crippen LogP contribution is -2.12. The van der Waals surface area contributed by atoms with Crippen LogP contribution in [-0.4, -0.2) is 15.9 Å². The fourth-order valence-electron chi connectivity index (χ4n) is 2.17. The van der Waals surface area contributed by atoms with Crippen molar-refractivity contribution >= 4 is 22.6 Å². The third-order valence-electron chi connectivity index (χ3n) is 3.19. The minimum absolute atomic E-state index is 0.147. The molecule has 0 bridgehead atoms. The largest absolute Gasteiger partial charge is 0.342 e. The molecule has 4 heteroatoms. The van der Waals surface area contributed by atoms with Gasteiger partial charge in [0.05, 0.1) is 11.1 Å². The van der Waals surface area contributed by atoms with Gasteiger partial charge in [-0.1, -0.05) is 23.8 Å². The van der Waals surface area contributed by atoms with Gasteiger partial charge in [-0.05, 0) is 38.1 Å². The van der Waals surface area contributed by atoms with Crippen LogP contribution in [0.4, 0.5) is 5.69 Å². The molecular formula is C16H15N3O. The third kappa shape index (κ3) is 2.28. The first-order valence-electron chi connectivity index (χ1n) is 6.47. The molecule has 3 rings (SSSR count). The smallest absolute Gasteiger partial charge is 0.257 e. The van der Waals surface area contributed by atoms with E-state index in [2.05, 4.69) is 15.3 Å². The molecule has 3 aromatic rings. The highest BCUT2D eigenvalue weighted by Crippen LogP contribution is 2.18. The van der Waals surface area contributed by atoms with Gasteiger partial charge in [-0.2, -0.15) is 0 Å². The first-order chi connectivity index (χ1) is 9.63. The van der Waals surface area contributed by atoms with Gasteiger partial charge in [0.25, 0.3) is 5.91 Å². The Balaban J connectivity index is 1.94. The summed E-state index contributed by atoms with van der Waals surface area (Å²) < 4.78 is 0. The van der Waals surface area contributed by atoms with Crippen molar-refractivity contribution in [2.75, 3.05) is 5.32 Å². The van der Waals surface area contributed by atoms with Gasteiger partial charge in [0.15, 0.2) is 0 Å². The second-order valence-electron chi connectivity index (χ2n) is 4.84. The molecule has 0 fully saturated rings. The van der Waals surface area contributed by atoms with Crippen molar-refractivity contribution in [1.29, 1.82) is 0 Å². The zero-order valence-electron chi connectivity index (χ0n) is 11.4. The minimum atomic E-state index is -0.147. The first kappa shape index (κ1) is 12.4. The molecule has 0 saturated heterocycles. The molecule has 0 aliphatic rings. The Morgan fingerprint density at radius 2 is 1.85 bits per heavy atom. The number of carbonyl (C=O) groups excluding carboxylic acids is 1. The maximum atomic E-state index is 12.4. The summed E-state index contributed by atoms with van der Waals surface area (Å²) in [6.45, 7) is 3.89. The van der Waals surface area contributed by atoms with E-state index >= 15 is 0 Å². The van der Waals surface area contributed by atoms with E-state index in [9.17, 15) is 4.79 Å². The molecule has 0 spiro atoms. The first-order valence-corrected chi connectivity index (χ1v) is 6.47. The molecule has 100 valence electrons.